The second-order valence-corrected chi connectivity index (χ2v) is 5.13. The average Bonchev–Trinajstić information content (AvgIpc) is 2.98. The molecule has 25 heavy (non-hydrogen) atoms. The van der Waals surface area contributed by atoms with Gasteiger partial charge in [0.1, 0.15) is 11.5 Å². The summed E-state index contributed by atoms with van der Waals surface area (Å²) < 4.78 is 5.24. The fraction of sp³-hybridized carbons (Fsp3) is 0.188. The minimum Gasteiger partial charge on any atom is -0.460 e. The lowest BCUT2D eigenvalue weighted by molar-refractivity contribution is -0.385. The molecule has 1 heterocycles. The molecule has 2 amide bonds. The molecule has 0 saturated carbocycles. The summed E-state index contributed by atoms with van der Waals surface area (Å²) in [5.41, 5.74) is 2.45. The number of nitrogens with one attached hydrogen (secondary N) is 2. The summed E-state index contributed by atoms with van der Waals surface area (Å²) in [5, 5.41) is 17.0. The van der Waals surface area contributed by atoms with Crippen LogP contribution >= 0.6 is 0 Å². The second kappa shape index (κ2) is 7.86. The molecule has 1 aromatic heterocycles. The van der Waals surface area contributed by atoms with E-state index in [-0.39, 0.29) is 23.4 Å². The van der Waals surface area contributed by atoms with Crippen LogP contribution in [0.2, 0.25) is 0 Å². The number of benzene rings is 1. The summed E-state index contributed by atoms with van der Waals surface area (Å²) in [6.07, 6.45) is 1.33. The predicted octanol–water partition coefficient (Wildman–Crippen LogP) is 1.68. The minimum absolute atomic E-state index is 0.136. The molecule has 0 fully saturated rings. The van der Waals surface area contributed by atoms with E-state index in [2.05, 4.69) is 15.8 Å². The third kappa shape index (κ3) is 4.74. The Balaban J connectivity index is 1.89. The molecule has 130 valence electrons. The van der Waals surface area contributed by atoms with Crippen molar-refractivity contribution in [3.63, 3.8) is 0 Å². The van der Waals surface area contributed by atoms with E-state index in [4.69, 9.17) is 4.42 Å². The van der Waals surface area contributed by atoms with E-state index in [0.717, 1.165) is 0 Å². The van der Waals surface area contributed by atoms with Crippen LogP contribution in [0.15, 0.2) is 39.9 Å². The molecule has 0 aliphatic rings. The molecule has 0 unspecified atom stereocenters. The Hall–Kier alpha value is -3.49. The van der Waals surface area contributed by atoms with Crippen LogP contribution in [0.3, 0.4) is 0 Å². The highest BCUT2D eigenvalue weighted by molar-refractivity contribution is 5.98. The number of hydrogen-bond acceptors (Lipinski definition) is 6. The van der Waals surface area contributed by atoms with Gasteiger partial charge < -0.3 is 9.73 Å². The highest BCUT2D eigenvalue weighted by Gasteiger charge is 2.18. The number of hydrogen-bond donors (Lipinski definition) is 2. The Morgan fingerprint density at radius 2 is 2.04 bits per heavy atom. The molecule has 0 saturated heterocycles. The fourth-order valence-electron chi connectivity index (χ4n) is 2.05. The van der Waals surface area contributed by atoms with Crippen molar-refractivity contribution in [2.45, 2.75) is 13.8 Å². The van der Waals surface area contributed by atoms with Crippen LogP contribution in [-0.2, 0) is 4.79 Å². The molecule has 1 aromatic carbocycles. The number of carbonyl (C=O) groups is 2. The number of aryl methyl sites for hydroxylation is 1. The van der Waals surface area contributed by atoms with Crippen molar-refractivity contribution in [2.75, 3.05) is 6.54 Å². The number of nitro groups is 1. The van der Waals surface area contributed by atoms with Crippen molar-refractivity contribution in [3.8, 4) is 0 Å². The van der Waals surface area contributed by atoms with E-state index >= 15 is 0 Å². The van der Waals surface area contributed by atoms with Gasteiger partial charge in [0, 0.05) is 17.2 Å². The van der Waals surface area contributed by atoms with Crippen LogP contribution in [0.4, 0.5) is 5.69 Å². The molecule has 0 bridgehead atoms. The van der Waals surface area contributed by atoms with E-state index in [1.807, 2.05) is 0 Å². The molecule has 0 aliphatic heterocycles. The lowest BCUT2D eigenvalue weighted by atomic mass is 10.1. The number of nitrogens with zero attached hydrogens (tertiary/aromatic N) is 2. The molecule has 2 N–H and O–H groups in total. The van der Waals surface area contributed by atoms with Crippen LogP contribution in [0, 0.1) is 24.0 Å². The van der Waals surface area contributed by atoms with Crippen molar-refractivity contribution >= 4 is 23.7 Å². The van der Waals surface area contributed by atoms with E-state index in [9.17, 15) is 19.7 Å². The van der Waals surface area contributed by atoms with Gasteiger partial charge >= 0.3 is 0 Å². The van der Waals surface area contributed by atoms with E-state index < -0.39 is 16.7 Å². The smallest absolute Gasteiger partial charge is 0.273 e. The predicted molar refractivity (Wildman–Crippen MR) is 89.3 cm³/mol. The summed E-state index contributed by atoms with van der Waals surface area (Å²) in [6.45, 7) is 2.93. The number of amides is 2. The third-order valence-electron chi connectivity index (χ3n) is 3.30. The SMILES string of the molecule is Cc1ccc(/C=N/NC(=O)CNC(=O)c2cccc([N+](=O)[O-])c2C)o1. The monoisotopic (exact) mass is 344 g/mol. The van der Waals surface area contributed by atoms with Gasteiger partial charge in [-0.1, -0.05) is 6.07 Å². The van der Waals surface area contributed by atoms with Crippen LogP contribution in [-0.4, -0.2) is 29.5 Å². The number of furan rings is 1. The highest BCUT2D eigenvalue weighted by atomic mass is 16.6. The van der Waals surface area contributed by atoms with E-state index in [0.29, 0.717) is 11.5 Å². The van der Waals surface area contributed by atoms with Gasteiger partial charge in [-0.2, -0.15) is 5.10 Å². The van der Waals surface area contributed by atoms with Crippen LogP contribution < -0.4 is 10.7 Å². The molecule has 2 rings (SSSR count). The Bertz CT molecular complexity index is 841. The molecule has 2 aromatic rings. The largest absolute Gasteiger partial charge is 0.460 e. The van der Waals surface area contributed by atoms with Gasteiger partial charge in [-0.3, -0.25) is 19.7 Å². The summed E-state index contributed by atoms with van der Waals surface area (Å²) in [7, 11) is 0. The zero-order chi connectivity index (χ0) is 18.4. The maximum absolute atomic E-state index is 12.1. The molecule has 0 aliphatic carbocycles. The zero-order valence-electron chi connectivity index (χ0n) is 13.6. The summed E-state index contributed by atoms with van der Waals surface area (Å²) in [5.74, 6) is 0.0689. The first kappa shape index (κ1) is 17.9. The lowest BCUT2D eigenvalue weighted by Gasteiger charge is -2.07. The summed E-state index contributed by atoms with van der Waals surface area (Å²) in [6, 6.07) is 7.62. The van der Waals surface area contributed by atoms with Gasteiger partial charge in [0.05, 0.1) is 17.7 Å². The van der Waals surface area contributed by atoms with Gasteiger partial charge in [-0.25, -0.2) is 5.43 Å². The highest BCUT2D eigenvalue weighted by Crippen LogP contribution is 2.20. The normalized spacial score (nSPS) is 10.6. The number of rotatable bonds is 6. The van der Waals surface area contributed by atoms with Crippen molar-refractivity contribution < 1.29 is 18.9 Å². The van der Waals surface area contributed by atoms with Crippen molar-refractivity contribution in [2.24, 2.45) is 5.10 Å². The lowest BCUT2D eigenvalue weighted by Crippen LogP contribution is -2.35. The average molecular weight is 344 g/mol. The van der Waals surface area contributed by atoms with Crippen LogP contribution in [0.25, 0.3) is 0 Å². The molecule has 0 atom stereocenters. The van der Waals surface area contributed by atoms with Gasteiger partial charge in [0.25, 0.3) is 17.5 Å². The van der Waals surface area contributed by atoms with E-state index in [1.54, 1.807) is 19.1 Å². The Labute approximate surface area is 142 Å². The van der Waals surface area contributed by atoms with Gasteiger partial charge in [-0.05, 0) is 32.0 Å². The van der Waals surface area contributed by atoms with Crippen LogP contribution in [0.1, 0.15) is 27.4 Å². The summed E-state index contributed by atoms with van der Waals surface area (Å²) >= 11 is 0. The molecule has 9 nitrogen and oxygen atoms in total. The Morgan fingerprint density at radius 1 is 1.28 bits per heavy atom. The molecule has 0 radical (unpaired) electrons. The summed E-state index contributed by atoms with van der Waals surface area (Å²) in [4.78, 5) is 34.1. The number of nitro benzene ring substituents is 1. The molecular weight excluding hydrogens is 328 g/mol. The second-order valence-electron chi connectivity index (χ2n) is 5.13. The third-order valence-corrected chi connectivity index (χ3v) is 3.30. The quantitative estimate of drug-likeness (QED) is 0.468. The van der Waals surface area contributed by atoms with Crippen molar-refractivity contribution in [1.29, 1.82) is 0 Å². The van der Waals surface area contributed by atoms with Crippen LogP contribution in [0.5, 0.6) is 0 Å². The molecule has 0 spiro atoms. The van der Waals surface area contributed by atoms with Gasteiger partial charge in [0.15, 0.2) is 0 Å². The first-order valence-electron chi connectivity index (χ1n) is 7.29. The number of carbonyl (C=O) groups excluding carboxylic acids is 2. The topological polar surface area (TPSA) is 127 Å². The van der Waals surface area contributed by atoms with Gasteiger partial charge in [-0.15, -0.1) is 0 Å². The van der Waals surface area contributed by atoms with E-state index in [1.165, 1.54) is 31.3 Å². The maximum atomic E-state index is 12.1. The first-order chi connectivity index (χ1) is 11.9. The maximum Gasteiger partial charge on any atom is 0.273 e. The zero-order valence-corrected chi connectivity index (χ0v) is 13.6. The van der Waals surface area contributed by atoms with Gasteiger partial charge in [0.2, 0.25) is 0 Å². The Morgan fingerprint density at radius 3 is 2.68 bits per heavy atom. The fourth-order valence-corrected chi connectivity index (χ4v) is 2.05. The minimum atomic E-state index is -0.581. The standard InChI is InChI=1S/C16H16N4O5/c1-10-6-7-12(25-10)8-18-19-15(21)9-17-16(22)13-4-3-5-14(11(13)2)20(23)24/h3-8H,9H2,1-2H3,(H,17,22)(H,19,21)/b18-8+. The van der Waals surface area contributed by atoms with Crippen molar-refractivity contribution in [1.82, 2.24) is 10.7 Å². The first-order valence-corrected chi connectivity index (χ1v) is 7.29. The number of hydrazone groups is 1. The van der Waals surface area contributed by atoms with Crippen molar-refractivity contribution in [3.05, 3.63) is 63.1 Å². The molecular formula is C16H16N4O5. The molecule has 9 heteroatoms. The Kier molecular flexibility index (Phi) is 5.62.